The summed E-state index contributed by atoms with van der Waals surface area (Å²) in [7, 11) is 0. The predicted molar refractivity (Wildman–Crippen MR) is 65.9 cm³/mol. The summed E-state index contributed by atoms with van der Waals surface area (Å²) in [6, 6.07) is 2.46. The number of hydrogen-bond acceptors (Lipinski definition) is 4. The highest BCUT2D eigenvalue weighted by molar-refractivity contribution is 5.85. The number of nitrogens with zero attached hydrogens (tertiary/aromatic N) is 1. The molecule has 1 heterocycles. The van der Waals surface area contributed by atoms with Crippen LogP contribution in [0.1, 0.15) is 29.9 Å². The third-order valence-corrected chi connectivity index (χ3v) is 2.53. The molecular weight excluding hydrogens is 234 g/mol. The SMILES string of the molecule is CC(C)[C@@H](N)C(=O)NCc1ccc(C(=O)O)nc1. The van der Waals surface area contributed by atoms with Crippen LogP contribution in [0.3, 0.4) is 0 Å². The first-order valence-electron chi connectivity index (χ1n) is 5.63. The number of carboxylic acid groups (broad SMARTS) is 1. The Morgan fingerprint density at radius 1 is 1.44 bits per heavy atom. The van der Waals surface area contributed by atoms with Crippen LogP contribution >= 0.6 is 0 Å². The van der Waals surface area contributed by atoms with E-state index in [2.05, 4.69) is 10.3 Å². The summed E-state index contributed by atoms with van der Waals surface area (Å²) in [5.74, 6) is -1.24. The fourth-order valence-electron chi connectivity index (χ4n) is 1.27. The van der Waals surface area contributed by atoms with Crippen LogP contribution in [0.5, 0.6) is 0 Å². The molecule has 0 aliphatic heterocycles. The Kier molecular flexibility index (Phi) is 4.79. The minimum Gasteiger partial charge on any atom is -0.477 e. The lowest BCUT2D eigenvalue weighted by atomic mass is 10.1. The zero-order chi connectivity index (χ0) is 13.7. The van der Waals surface area contributed by atoms with Crippen molar-refractivity contribution in [2.75, 3.05) is 0 Å². The summed E-state index contributed by atoms with van der Waals surface area (Å²) in [5.41, 5.74) is 6.38. The van der Waals surface area contributed by atoms with Crippen molar-refractivity contribution >= 4 is 11.9 Å². The molecule has 18 heavy (non-hydrogen) atoms. The normalized spacial score (nSPS) is 12.2. The van der Waals surface area contributed by atoms with Crippen molar-refractivity contribution in [1.29, 1.82) is 0 Å². The number of pyridine rings is 1. The lowest BCUT2D eigenvalue weighted by Crippen LogP contribution is -2.43. The van der Waals surface area contributed by atoms with Gasteiger partial charge in [0.25, 0.3) is 0 Å². The molecule has 4 N–H and O–H groups in total. The van der Waals surface area contributed by atoms with Crippen molar-refractivity contribution in [3.63, 3.8) is 0 Å². The van der Waals surface area contributed by atoms with E-state index in [1.165, 1.54) is 12.3 Å². The first-order chi connectivity index (χ1) is 8.41. The highest BCUT2D eigenvalue weighted by Crippen LogP contribution is 2.02. The van der Waals surface area contributed by atoms with Crippen LogP contribution in [-0.4, -0.2) is 28.0 Å². The number of rotatable bonds is 5. The highest BCUT2D eigenvalue weighted by atomic mass is 16.4. The standard InChI is InChI=1S/C12H17N3O3/c1-7(2)10(13)11(16)15-6-8-3-4-9(12(17)18)14-5-8/h3-5,7,10H,6,13H2,1-2H3,(H,15,16)(H,17,18)/t10-/m1/s1. The molecular formula is C12H17N3O3. The van der Waals surface area contributed by atoms with Crippen molar-refractivity contribution in [3.8, 4) is 0 Å². The van der Waals surface area contributed by atoms with Crippen LogP contribution in [0.15, 0.2) is 18.3 Å². The summed E-state index contributed by atoms with van der Waals surface area (Å²) in [6.45, 7) is 4.02. The molecule has 0 unspecified atom stereocenters. The molecule has 0 fully saturated rings. The monoisotopic (exact) mass is 251 g/mol. The molecule has 6 heteroatoms. The Hall–Kier alpha value is -1.95. The van der Waals surface area contributed by atoms with Gasteiger partial charge in [0.1, 0.15) is 5.69 Å². The molecule has 0 bridgehead atoms. The Bertz CT molecular complexity index is 429. The van der Waals surface area contributed by atoms with Gasteiger partial charge in [-0.1, -0.05) is 19.9 Å². The summed E-state index contributed by atoms with van der Waals surface area (Å²) >= 11 is 0. The molecule has 0 aromatic carbocycles. The first kappa shape index (κ1) is 14.1. The summed E-state index contributed by atoms with van der Waals surface area (Å²) in [5, 5.41) is 11.4. The van der Waals surface area contributed by atoms with Crippen LogP contribution in [-0.2, 0) is 11.3 Å². The number of carboxylic acids is 1. The Morgan fingerprint density at radius 2 is 2.11 bits per heavy atom. The van der Waals surface area contributed by atoms with Crippen LogP contribution in [0.25, 0.3) is 0 Å². The quantitative estimate of drug-likeness (QED) is 0.701. The van der Waals surface area contributed by atoms with Crippen molar-refractivity contribution in [2.24, 2.45) is 11.7 Å². The van der Waals surface area contributed by atoms with Crippen molar-refractivity contribution < 1.29 is 14.7 Å². The average Bonchev–Trinajstić information content (AvgIpc) is 2.35. The number of hydrogen-bond donors (Lipinski definition) is 3. The van der Waals surface area contributed by atoms with Gasteiger partial charge in [-0.3, -0.25) is 4.79 Å². The predicted octanol–water partition coefficient (Wildman–Crippen LogP) is 0.379. The summed E-state index contributed by atoms with van der Waals surface area (Å²) < 4.78 is 0. The molecule has 1 aromatic rings. The van der Waals surface area contributed by atoms with Gasteiger partial charge in [-0.2, -0.15) is 0 Å². The summed E-state index contributed by atoms with van der Waals surface area (Å²) in [6.07, 6.45) is 1.42. The third kappa shape index (κ3) is 3.81. The van der Waals surface area contributed by atoms with Gasteiger partial charge in [0, 0.05) is 12.7 Å². The van der Waals surface area contributed by atoms with E-state index in [4.69, 9.17) is 10.8 Å². The largest absolute Gasteiger partial charge is 0.477 e. The van der Waals surface area contributed by atoms with E-state index in [1.807, 2.05) is 13.8 Å². The van der Waals surface area contributed by atoms with E-state index in [1.54, 1.807) is 6.07 Å². The van der Waals surface area contributed by atoms with Crippen LogP contribution in [0.4, 0.5) is 0 Å². The molecule has 0 radical (unpaired) electrons. The van der Waals surface area contributed by atoms with Gasteiger partial charge in [-0.05, 0) is 17.5 Å². The molecule has 1 rings (SSSR count). The van der Waals surface area contributed by atoms with Crippen molar-refractivity contribution in [1.82, 2.24) is 10.3 Å². The van der Waals surface area contributed by atoms with Crippen LogP contribution < -0.4 is 11.1 Å². The molecule has 0 aliphatic rings. The van der Waals surface area contributed by atoms with E-state index in [9.17, 15) is 9.59 Å². The number of carbonyl (C=O) groups is 2. The van der Waals surface area contributed by atoms with E-state index in [0.717, 1.165) is 5.56 Å². The number of carbonyl (C=O) groups excluding carboxylic acids is 1. The first-order valence-corrected chi connectivity index (χ1v) is 5.63. The third-order valence-electron chi connectivity index (χ3n) is 2.53. The van der Waals surface area contributed by atoms with E-state index < -0.39 is 12.0 Å². The summed E-state index contributed by atoms with van der Waals surface area (Å²) in [4.78, 5) is 25.9. The van der Waals surface area contributed by atoms with E-state index in [-0.39, 0.29) is 24.1 Å². The molecule has 0 aliphatic carbocycles. The van der Waals surface area contributed by atoms with Gasteiger partial charge >= 0.3 is 5.97 Å². The van der Waals surface area contributed by atoms with Gasteiger partial charge in [-0.25, -0.2) is 9.78 Å². The molecule has 1 atom stereocenters. The minimum absolute atomic E-state index is 0.0241. The Morgan fingerprint density at radius 3 is 2.56 bits per heavy atom. The van der Waals surface area contributed by atoms with Gasteiger partial charge in [0.15, 0.2) is 0 Å². The van der Waals surface area contributed by atoms with Gasteiger partial charge in [0.2, 0.25) is 5.91 Å². The molecule has 0 saturated heterocycles. The fourth-order valence-corrected chi connectivity index (χ4v) is 1.27. The molecule has 0 saturated carbocycles. The van der Waals surface area contributed by atoms with Crippen LogP contribution in [0.2, 0.25) is 0 Å². The highest BCUT2D eigenvalue weighted by Gasteiger charge is 2.16. The molecule has 98 valence electrons. The van der Waals surface area contributed by atoms with E-state index in [0.29, 0.717) is 0 Å². The second kappa shape index (κ2) is 6.11. The zero-order valence-electron chi connectivity index (χ0n) is 10.4. The zero-order valence-corrected chi connectivity index (χ0v) is 10.4. The smallest absolute Gasteiger partial charge is 0.354 e. The topological polar surface area (TPSA) is 105 Å². The maximum Gasteiger partial charge on any atom is 0.354 e. The molecule has 1 amide bonds. The van der Waals surface area contributed by atoms with Crippen molar-refractivity contribution in [2.45, 2.75) is 26.4 Å². The number of amides is 1. The fraction of sp³-hybridized carbons (Fsp3) is 0.417. The minimum atomic E-state index is -1.08. The second-order valence-electron chi connectivity index (χ2n) is 4.34. The Balaban J connectivity index is 2.54. The Labute approximate surface area is 105 Å². The molecule has 1 aromatic heterocycles. The van der Waals surface area contributed by atoms with Gasteiger partial charge in [-0.15, -0.1) is 0 Å². The molecule has 6 nitrogen and oxygen atoms in total. The lowest BCUT2D eigenvalue weighted by molar-refractivity contribution is -0.123. The number of aromatic carboxylic acids is 1. The number of nitrogens with one attached hydrogen (secondary N) is 1. The van der Waals surface area contributed by atoms with E-state index >= 15 is 0 Å². The van der Waals surface area contributed by atoms with Gasteiger partial charge in [0.05, 0.1) is 6.04 Å². The van der Waals surface area contributed by atoms with Gasteiger partial charge < -0.3 is 16.2 Å². The number of aromatic nitrogens is 1. The lowest BCUT2D eigenvalue weighted by Gasteiger charge is -2.15. The molecule has 0 spiro atoms. The second-order valence-corrected chi connectivity index (χ2v) is 4.34. The maximum atomic E-state index is 11.6. The maximum absolute atomic E-state index is 11.6. The van der Waals surface area contributed by atoms with Crippen LogP contribution in [0, 0.1) is 5.92 Å². The number of nitrogens with two attached hydrogens (primary N) is 1. The average molecular weight is 251 g/mol. The van der Waals surface area contributed by atoms with Crippen molar-refractivity contribution in [3.05, 3.63) is 29.6 Å².